The van der Waals surface area contributed by atoms with Crippen LogP contribution in [0.1, 0.15) is 34.1 Å². The summed E-state index contributed by atoms with van der Waals surface area (Å²) in [6.45, 7) is 8.41. The Labute approximate surface area is 57.8 Å². The van der Waals surface area contributed by atoms with Gasteiger partial charge in [0.1, 0.15) is 0 Å². The zero-order valence-electron chi connectivity index (χ0n) is 6.86. The number of rotatable bonds is 2. The average Bonchev–Trinajstić information content (AvgIpc) is 1.62. The minimum atomic E-state index is 0.144. The lowest BCUT2D eigenvalue weighted by Crippen LogP contribution is -2.47. The Morgan fingerprint density at radius 1 is 1.44 bits per heavy atom. The van der Waals surface area contributed by atoms with E-state index in [1.54, 1.807) is 0 Å². The van der Waals surface area contributed by atoms with E-state index in [1.165, 1.54) is 0 Å². The molecule has 0 aromatic carbocycles. The average molecular weight is 130 g/mol. The summed E-state index contributed by atoms with van der Waals surface area (Å²) in [6, 6.07) is 0. The van der Waals surface area contributed by atoms with Gasteiger partial charge in [-0.1, -0.05) is 6.92 Å². The molecular formula is C7H18N2. The van der Waals surface area contributed by atoms with Gasteiger partial charge >= 0.3 is 0 Å². The molecule has 0 radical (unpaired) electrons. The van der Waals surface area contributed by atoms with Crippen LogP contribution in [0.5, 0.6) is 0 Å². The summed E-state index contributed by atoms with van der Waals surface area (Å²) >= 11 is 0. The minimum Gasteiger partial charge on any atom is -0.316 e. The van der Waals surface area contributed by atoms with E-state index in [9.17, 15) is 0 Å². The fourth-order valence-corrected chi connectivity index (χ4v) is 0.658. The third-order valence-corrected chi connectivity index (χ3v) is 1.06. The smallest absolute Gasteiger partial charge is 0.0547 e. The molecule has 0 bridgehead atoms. The van der Waals surface area contributed by atoms with E-state index in [0.29, 0.717) is 0 Å². The van der Waals surface area contributed by atoms with Gasteiger partial charge in [-0.2, -0.15) is 0 Å². The molecule has 0 spiro atoms. The Morgan fingerprint density at radius 3 is 2.00 bits per heavy atom. The summed E-state index contributed by atoms with van der Waals surface area (Å²) < 4.78 is 0. The van der Waals surface area contributed by atoms with Crippen molar-refractivity contribution < 1.29 is 0 Å². The lowest BCUT2D eigenvalue weighted by atomic mass is 10.1. The molecule has 0 saturated carbocycles. The van der Waals surface area contributed by atoms with Gasteiger partial charge in [-0.15, -0.1) is 0 Å². The van der Waals surface area contributed by atoms with Crippen molar-refractivity contribution in [2.75, 3.05) is 0 Å². The van der Waals surface area contributed by atoms with Crippen molar-refractivity contribution in [3.8, 4) is 0 Å². The molecule has 0 saturated heterocycles. The zero-order chi connectivity index (χ0) is 7.49. The largest absolute Gasteiger partial charge is 0.316 e. The molecule has 1 atom stereocenters. The highest BCUT2D eigenvalue weighted by molar-refractivity contribution is 4.73. The van der Waals surface area contributed by atoms with E-state index in [-0.39, 0.29) is 11.7 Å². The molecular weight excluding hydrogens is 112 g/mol. The molecule has 0 aromatic rings. The van der Waals surface area contributed by atoms with Crippen molar-refractivity contribution in [1.82, 2.24) is 5.32 Å². The second-order valence-corrected chi connectivity index (χ2v) is 3.41. The molecule has 2 heteroatoms. The minimum absolute atomic E-state index is 0.144. The summed E-state index contributed by atoms with van der Waals surface area (Å²) in [7, 11) is 0. The maximum atomic E-state index is 5.65. The number of hydrogen-bond donors (Lipinski definition) is 2. The van der Waals surface area contributed by atoms with Crippen molar-refractivity contribution in [2.24, 2.45) is 5.73 Å². The van der Waals surface area contributed by atoms with Gasteiger partial charge in [-0.25, -0.2) is 0 Å². The predicted octanol–water partition coefficient (Wildman–Crippen LogP) is 1.07. The standard InChI is InChI=1S/C7H18N2/c1-5-6(8)9-7(2,3)4/h6,9H,5,8H2,1-4H3. The lowest BCUT2D eigenvalue weighted by molar-refractivity contribution is 0.357. The summed E-state index contributed by atoms with van der Waals surface area (Å²) in [5.74, 6) is 0. The normalized spacial score (nSPS) is 15.7. The Kier molecular flexibility index (Phi) is 3.15. The van der Waals surface area contributed by atoms with Gasteiger partial charge in [0.25, 0.3) is 0 Å². The SMILES string of the molecule is CCC(N)NC(C)(C)C. The van der Waals surface area contributed by atoms with Crippen molar-refractivity contribution in [1.29, 1.82) is 0 Å². The van der Waals surface area contributed by atoms with E-state index >= 15 is 0 Å². The van der Waals surface area contributed by atoms with Gasteiger partial charge < -0.3 is 5.73 Å². The predicted molar refractivity (Wildman–Crippen MR) is 41.2 cm³/mol. The van der Waals surface area contributed by atoms with Gasteiger partial charge in [0, 0.05) is 5.54 Å². The van der Waals surface area contributed by atoms with E-state index in [4.69, 9.17) is 5.73 Å². The first-order valence-corrected chi connectivity index (χ1v) is 3.49. The van der Waals surface area contributed by atoms with Gasteiger partial charge in [0.05, 0.1) is 6.17 Å². The molecule has 0 aromatic heterocycles. The molecule has 0 aliphatic rings. The highest BCUT2D eigenvalue weighted by Gasteiger charge is 2.11. The molecule has 9 heavy (non-hydrogen) atoms. The maximum absolute atomic E-state index is 5.65. The highest BCUT2D eigenvalue weighted by Crippen LogP contribution is 1.99. The van der Waals surface area contributed by atoms with Gasteiger partial charge in [0.2, 0.25) is 0 Å². The van der Waals surface area contributed by atoms with Crippen LogP contribution in [0.25, 0.3) is 0 Å². The first-order chi connectivity index (χ1) is 3.95. The first-order valence-electron chi connectivity index (χ1n) is 3.49. The fourth-order valence-electron chi connectivity index (χ4n) is 0.658. The molecule has 1 unspecified atom stereocenters. The Balaban J connectivity index is 3.47. The van der Waals surface area contributed by atoms with Crippen LogP contribution in [0, 0.1) is 0 Å². The van der Waals surface area contributed by atoms with Crippen LogP contribution in [0.4, 0.5) is 0 Å². The van der Waals surface area contributed by atoms with Crippen LogP contribution in [0.15, 0.2) is 0 Å². The van der Waals surface area contributed by atoms with Gasteiger partial charge in [-0.05, 0) is 27.2 Å². The summed E-state index contributed by atoms with van der Waals surface area (Å²) in [4.78, 5) is 0. The fraction of sp³-hybridized carbons (Fsp3) is 1.00. The number of hydrogen-bond acceptors (Lipinski definition) is 2. The Morgan fingerprint density at radius 2 is 1.89 bits per heavy atom. The highest BCUT2D eigenvalue weighted by atomic mass is 15.1. The van der Waals surface area contributed by atoms with Gasteiger partial charge in [-0.3, -0.25) is 5.32 Å². The molecule has 56 valence electrons. The van der Waals surface area contributed by atoms with Crippen LogP contribution >= 0.6 is 0 Å². The molecule has 2 nitrogen and oxygen atoms in total. The first kappa shape index (κ1) is 8.92. The third-order valence-electron chi connectivity index (χ3n) is 1.06. The van der Waals surface area contributed by atoms with E-state index in [2.05, 4.69) is 33.0 Å². The number of nitrogens with two attached hydrogens (primary N) is 1. The van der Waals surface area contributed by atoms with Crippen LogP contribution in [0.2, 0.25) is 0 Å². The summed E-state index contributed by atoms with van der Waals surface area (Å²) in [5.41, 5.74) is 5.80. The second kappa shape index (κ2) is 3.18. The molecule has 0 aliphatic carbocycles. The number of nitrogens with one attached hydrogen (secondary N) is 1. The molecule has 0 fully saturated rings. The Hall–Kier alpha value is -0.0800. The second-order valence-electron chi connectivity index (χ2n) is 3.41. The van der Waals surface area contributed by atoms with Crippen LogP contribution in [-0.2, 0) is 0 Å². The zero-order valence-corrected chi connectivity index (χ0v) is 6.86. The lowest BCUT2D eigenvalue weighted by Gasteiger charge is -2.24. The maximum Gasteiger partial charge on any atom is 0.0547 e. The topological polar surface area (TPSA) is 38.0 Å². The van der Waals surface area contributed by atoms with Gasteiger partial charge in [0.15, 0.2) is 0 Å². The quantitative estimate of drug-likeness (QED) is 0.549. The van der Waals surface area contributed by atoms with Crippen LogP contribution in [-0.4, -0.2) is 11.7 Å². The Bertz CT molecular complexity index is 73.5. The molecule has 0 amide bonds. The van der Waals surface area contributed by atoms with Crippen molar-refractivity contribution >= 4 is 0 Å². The van der Waals surface area contributed by atoms with Crippen molar-refractivity contribution in [3.05, 3.63) is 0 Å². The monoisotopic (exact) mass is 130 g/mol. The van der Waals surface area contributed by atoms with E-state index in [1.807, 2.05) is 0 Å². The molecule has 0 heterocycles. The molecule has 3 N–H and O–H groups in total. The van der Waals surface area contributed by atoms with Crippen LogP contribution in [0.3, 0.4) is 0 Å². The van der Waals surface area contributed by atoms with Crippen LogP contribution < -0.4 is 11.1 Å². The van der Waals surface area contributed by atoms with Crippen molar-refractivity contribution in [3.63, 3.8) is 0 Å². The molecule has 0 rings (SSSR count). The summed E-state index contributed by atoms with van der Waals surface area (Å²) in [5, 5.41) is 3.25. The van der Waals surface area contributed by atoms with E-state index < -0.39 is 0 Å². The van der Waals surface area contributed by atoms with Crippen molar-refractivity contribution in [2.45, 2.75) is 45.8 Å². The van der Waals surface area contributed by atoms with E-state index in [0.717, 1.165) is 6.42 Å². The molecule has 0 aliphatic heterocycles. The summed E-state index contributed by atoms with van der Waals surface area (Å²) in [6.07, 6.45) is 1.13. The third kappa shape index (κ3) is 5.80.